The second-order valence-electron chi connectivity index (χ2n) is 5.80. The average Bonchev–Trinajstić information content (AvgIpc) is 2.47. The van der Waals surface area contributed by atoms with E-state index >= 15 is 0 Å². The minimum atomic E-state index is -0.592. The van der Waals surface area contributed by atoms with Crippen LogP contribution >= 0.6 is 0 Å². The molecule has 1 aromatic rings. The van der Waals surface area contributed by atoms with Gasteiger partial charge < -0.3 is 20.5 Å². The summed E-state index contributed by atoms with van der Waals surface area (Å²) in [5.74, 6) is 0.418. The van der Waals surface area contributed by atoms with Crippen molar-refractivity contribution < 1.29 is 14.6 Å². The predicted molar refractivity (Wildman–Crippen MR) is 78.6 cm³/mol. The quantitative estimate of drug-likeness (QED) is 0.598. The number of piperidine rings is 1. The van der Waals surface area contributed by atoms with Crippen LogP contribution in [-0.4, -0.2) is 48.2 Å². The molecule has 1 atom stereocenters. The molecule has 1 aliphatic heterocycles. The molecule has 0 saturated carbocycles. The third kappa shape index (κ3) is 4.99. The SMILES string of the molecule is CC1CCN(CC(O)CNC(=O)c2ccc[n+]([O-])c2)CC1. The Morgan fingerprint density at radius 2 is 2.29 bits per heavy atom. The van der Waals surface area contributed by atoms with E-state index in [4.69, 9.17) is 0 Å². The number of likely N-dealkylation sites (tertiary alicyclic amines) is 1. The van der Waals surface area contributed by atoms with Crippen LogP contribution in [0, 0.1) is 11.1 Å². The topological polar surface area (TPSA) is 79.5 Å². The number of hydrogen-bond acceptors (Lipinski definition) is 4. The minimum absolute atomic E-state index is 0.193. The molecule has 2 N–H and O–H groups in total. The van der Waals surface area contributed by atoms with Crippen LogP contribution < -0.4 is 10.0 Å². The smallest absolute Gasteiger partial charge is 0.257 e. The fraction of sp³-hybridized carbons (Fsp3) is 0.600. The number of β-amino-alcohol motifs (C(OH)–C–C–N with tert-alkyl or cyclic N) is 1. The average molecular weight is 293 g/mol. The van der Waals surface area contributed by atoms with Gasteiger partial charge in [-0.2, -0.15) is 4.73 Å². The van der Waals surface area contributed by atoms with E-state index in [0.717, 1.165) is 31.8 Å². The standard InChI is InChI=1S/C15H23N3O3/c1-12-4-7-17(8-5-12)11-14(19)9-16-15(20)13-3-2-6-18(21)10-13/h2-3,6,10,12,14,19H,4-5,7-9,11H2,1H3,(H,16,20). The van der Waals surface area contributed by atoms with Crippen molar-refractivity contribution in [1.29, 1.82) is 0 Å². The zero-order valence-electron chi connectivity index (χ0n) is 12.4. The molecule has 21 heavy (non-hydrogen) atoms. The predicted octanol–water partition coefficient (Wildman–Crippen LogP) is 0.143. The molecule has 1 saturated heterocycles. The number of aliphatic hydroxyl groups is 1. The van der Waals surface area contributed by atoms with Crippen molar-refractivity contribution in [3.63, 3.8) is 0 Å². The highest BCUT2D eigenvalue weighted by atomic mass is 16.5. The highest BCUT2D eigenvalue weighted by Gasteiger charge is 2.19. The number of hydrogen-bond donors (Lipinski definition) is 2. The summed E-state index contributed by atoms with van der Waals surface area (Å²) >= 11 is 0. The molecule has 0 spiro atoms. The van der Waals surface area contributed by atoms with Crippen LogP contribution in [0.4, 0.5) is 0 Å². The van der Waals surface area contributed by atoms with Crippen molar-refractivity contribution in [2.75, 3.05) is 26.2 Å². The molecule has 116 valence electrons. The van der Waals surface area contributed by atoms with E-state index in [2.05, 4.69) is 17.1 Å². The monoisotopic (exact) mass is 293 g/mol. The number of carbonyl (C=O) groups is 1. The summed E-state index contributed by atoms with van der Waals surface area (Å²) in [7, 11) is 0. The number of aliphatic hydroxyl groups excluding tert-OH is 1. The maximum atomic E-state index is 11.8. The van der Waals surface area contributed by atoms with Crippen LogP contribution in [0.5, 0.6) is 0 Å². The second kappa shape index (κ2) is 7.38. The Kier molecular flexibility index (Phi) is 5.52. The van der Waals surface area contributed by atoms with E-state index in [1.807, 2.05) is 0 Å². The highest BCUT2D eigenvalue weighted by molar-refractivity contribution is 5.93. The normalized spacial score (nSPS) is 18.4. The van der Waals surface area contributed by atoms with Crippen LogP contribution in [0.25, 0.3) is 0 Å². The second-order valence-corrected chi connectivity index (χ2v) is 5.80. The van der Waals surface area contributed by atoms with Gasteiger partial charge in [-0.3, -0.25) is 4.79 Å². The fourth-order valence-electron chi connectivity index (χ4n) is 2.51. The molecule has 1 fully saturated rings. The number of aromatic nitrogens is 1. The maximum Gasteiger partial charge on any atom is 0.257 e. The summed E-state index contributed by atoms with van der Waals surface area (Å²) in [4.78, 5) is 14.1. The first-order chi connectivity index (χ1) is 10.0. The Labute approximate surface area is 125 Å². The zero-order valence-corrected chi connectivity index (χ0v) is 12.4. The summed E-state index contributed by atoms with van der Waals surface area (Å²) in [5.41, 5.74) is 0.298. The van der Waals surface area contributed by atoms with Crippen LogP contribution in [0.15, 0.2) is 24.5 Å². The summed E-state index contributed by atoms with van der Waals surface area (Å²) in [5, 5.41) is 23.8. The molecule has 1 aromatic heterocycles. The largest absolute Gasteiger partial charge is 0.619 e. The van der Waals surface area contributed by atoms with Gasteiger partial charge in [0.05, 0.1) is 6.10 Å². The first kappa shape index (κ1) is 15.7. The van der Waals surface area contributed by atoms with Gasteiger partial charge in [-0.25, -0.2) is 0 Å². The van der Waals surface area contributed by atoms with Gasteiger partial charge >= 0.3 is 0 Å². The van der Waals surface area contributed by atoms with Crippen LogP contribution in [0.3, 0.4) is 0 Å². The summed E-state index contributed by atoms with van der Waals surface area (Å²) < 4.78 is 0.584. The van der Waals surface area contributed by atoms with E-state index in [-0.39, 0.29) is 12.5 Å². The van der Waals surface area contributed by atoms with Crippen molar-refractivity contribution in [1.82, 2.24) is 10.2 Å². The molecule has 0 aliphatic carbocycles. The van der Waals surface area contributed by atoms with Crippen molar-refractivity contribution >= 4 is 5.91 Å². The molecule has 2 heterocycles. The Morgan fingerprint density at radius 3 is 2.95 bits per heavy atom. The summed E-state index contributed by atoms with van der Waals surface area (Å²) in [6.45, 7) is 5.01. The molecule has 1 amide bonds. The van der Waals surface area contributed by atoms with Crippen LogP contribution in [0.2, 0.25) is 0 Å². The van der Waals surface area contributed by atoms with Gasteiger partial charge in [-0.1, -0.05) is 6.92 Å². The molecule has 1 aliphatic rings. The first-order valence-corrected chi connectivity index (χ1v) is 7.42. The van der Waals surface area contributed by atoms with E-state index in [1.165, 1.54) is 18.5 Å². The number of pyridine rings is 1. The lowest BCUT2D eigenvalue weighted by Crippen LogP contribution is -2.43. The lowest BCUT2D eigenvalue weighted by Gasteiger charge is -2.31. The van der Waals surface area contributed by atoms with Crippen molar-refractivity contribution in [2.24, 2.45) is 5.92 Å². The fourth-order valence-corrected chi connectivity index (χ4v) is 2.51. The molecule has 0 bridgehead atoms. The molecular weight excluding hydrogens is 270 g/mol. The lowest BCUT2D eigenvalue weighted by atomic mass is 9.99. The molecule has 2 rings (SSSR count). The van der Waals surface area contributed by atoms with Crippen molar-refractivity contribution in [3.8, 4) is 0 Å². The van der Waals surface area contributed by atoms with E-state index in [0.29, 0.717) is 16.8 Å². The number of carbonyl (C=O) groups excluding carboxylic acids is 1. The van der Waals surface area contributed by atoms with Crippen molar-refractivity contribution in [2.45, 2.75) is 25.9 Å². The molecule has 6 nitrogen and oxygen atoms in total. The minimum Gasteiger partial charge on any atom is -0.619 e. The van der Waals surface area contributed by atoms with Gasteiger partial charge in [0.25, 0.3) is 5.91 Å². The first-order valence-electron chi connectivity index (χ1n) is 7.42. The van der Waals surface area contributed by atoms with Gasteiger partial charge in [0.2, 0.25) is 0 Å². The number of nitrogens with one attached hydrogen (secondary N) is 1. The van der Waals surface area contributed by atoms with Gasteiger partial charge in [-0.05, 0) is 37.9 Å². The van der Waals surface area contributed by atoms with E-state index in [1.54, 1.807) is 6.07 Å². The Morgan fingerprint density at radius 1 is 1.57 bits per heavy atom. The molecular formula is C15H23N3O3. The Balaban J connectivity index is 1.73. The van der Waals surface area contributed by atoms with E-state index < -0.39 is 6.10 Å². The molecule has 0 radical (unpaired) electrons. The van der Waals surface area contributed by atoms with E-state index in [9.17, 15) is 15.1 Å². The number of nitrogens with zero attached hydrogens (tertiary/aromatic N) is 2. The Hall–Kier alpha value is -1.66. The van der Waals surface area contributed by atoms with Gasteiger partial charge in [0, 0.05) is 19.2 Å². The summed E-state index contributed by atoms with van der Waals surface area (Å²) in [6.07, 6.45) is 4.26. The number of rotatable bonds is 5. The third-order valence-electron chi connectivity index (χ3n) is 3.88. The summed E-state index contributed by atoms with van der Waals surface area (Å²) in [6, 6.07) is 3.09. The highest BCUT2D eigenvalue weighted by Crippen LogP contribution is 2.15. The molecule has 0 aromatic carbocycles. The zero-order chi connectivity index (χ0) is 15.2. The van der Waals surface area contributed by atoms with Gasteiger partial charge in [-0.15, -0.1) is 0 Å². The van der Waals surface area contributed by atoms with Crippen LogP contribution in [0.1, 0.15) is 30.1 Å². The molecule has 1 unspecified atom stereocenters. The van der Waals surface area contributed by atoms with Crippen LogP contribution in [-0.2, 0) is 0 Å². The van der Waals surface area contributed by atoms with Crippen molar-refractivity contribution in [3.05, 3.63) is 35.3 Å². The van der Waals surface area contributed by atoms with Gasteiger partial charge in [0.15, 0.2) is 12.4 Å². The van der Waals surface area contributed by atoms with Gasteiger partial charge in [0.1, 0.15) is 5.56 Å². The lowest BCUT2D eigenvalue weighted by molar-refractivity contribution is -0.605. The molecule has 6 heteroatoms. The number of amides is 1. The Bertz CT molecular complexity index is 473. The third-order valence-corrected chi connectivity index (χ3v) is 3.88. The maximum absolute atomic E-state index is 11.8.